The van der Waals surface area contributed by atoms with Gasteiger partial charge >= 0.3 is 0 Å². The van der Waals surface area contributed by atoms with E-state index in [9.17, 15) is 0 Å². The van der Waals surface area contributed by atoms with Crippen LogP contribution in [-0.2, 0) is 10.3 Å². The maximum Gasteiger partial charge on any atom is 0.163 e. The second kappa shape index (κ2) is 3.86. The van der Waals surface area contributed by atoms with E-state index in [1.54, 1.807) is 0 Å². The number of hydrogen-bond acceptors (Lipinski definition) is 1. The van der Waals surface area contributed by atoms with Crippen LogP contribution in [0, 0.1) is 0 Å². The Balaban J connectivity index is 1.88. The normalized spacial score (nSPS) is 23.8. The smallest absolute Gasteiger partial charge is 0.163 e. The van der Waals surface area contributed by atoms with Crippen molar-refractivity contribution in [2.45, 2.75) is 12.0 Å². The third-order valence-corrected chi connectivity index (χ3v) is 3.93. The zero-order valence-electron chi connectivity index (χ0n) is 10.5. The summed E-state index contributed by atoms with van der Waals surface area (Å²) in [6.07, 6.45) is 5.28. The average molecular weight is 246 g/mol. The first-order chi connectivity index (χ1) is 9.38. The lowest BCUT2D eigenvalue weighted by Crippen LogP contribution is -2.24. The summed E-state index contributed by atoms with van der Waals surface area (Å²) in [5.41, 5.74) is 3.44. The van der Waals surface area contributed by atoms with Gasteiger partial charge in [-0.25, -0.2) is 0 Å². The van der Waals surface area contributed by atoms with Crippen molar-refractivity contribution in [2.75, 3.05) is 0 Å². The Bertz CT molecular complexity index is 667. The fourth-order valence-corrected chi connectivity index (χ4v) is 3.01. The van der Waals surface area contributed by atoms with Crippen LogP contribution in [-0.4, -0.2) is 0 Å². The van der Waals surface area contributed by atoms with E-state index >= 15 is 0 Å². The first-order valence-corrected chi connectivity index (χ1v) is 6.61. The number of benzene rings is 2. The number of hydrogen-bond donors (Lipinski definition) is 0. The molecule has 1 atom stereocenters. The lowest BCUT2D eigenvalue weighted by Gasteiger charge is -2.29. The lowest BCUT2D eigenvalue weighted by molar-refractivity contribution is 0.0998. The van der Waals surface area contributed by atoms with Gasteiger partial charge in [-0.05, 0) is 17.7 Å². The highest BCUT2D eigenvalue weighted by Gasteiger charge is 2.46. The minimum atomic E-state index is -0.308. The molecular weight excluding hydrogens is 232 g/mol. The summed E-state index contributed by atoms with van der Waals surface area (Å²) < 4.78 is 6.18. The van der Waals surface area contributed by atoms with Crippen LogP contribution < -0.4 is 0 Å². The Morgan fingerprint density at radius 3 is 2.21 bits per heavy atom. The zero-order chi connectivity index (χ0) is 12.7. The van der Waals surface area contributed by atoms with Gasteiger partial charge in [-0.2, -0.15) is 0 Å². The van der Waals surface area contributed by atoms with Crippen LogP contribution in [0.2, 0.25) is 0 Å². The Kier molecular flexibility index (Phi) is 2.16. The molecule has 1 heteroatoms. The second-order valence-electron chi connectivity index (χ2n) is 5.03. The minimum Gasteiger partial charge on any atom is -0.478 e. The summed E-state index contributed by atoms with van der Waals surface area (Å²) in [6, 6.07) is 21.0. The fourth-order valence-electron chi connectivity index (χ4n) is 3.01. The highest BCUT2D eigenvalue weighted by atomic mass is 16.5. The van der Waals surface area contributed by atoms with Crippen molar-refractivity contribution in [1.29, 1.82) is 0 Å². The summed E-state index contributed by atoms with van der Waals surface area (Å²) in [5.74, 6) is 1.00. The van der Waals surface area contributed by atoms with Gasteiger partial charge in [-0.3, -0.25) is 0 Å². The molecule has 2 heterocycles. The Morgan fingerprint density at radius 2 is 1.53 bits per heavy atom. The standard InChI is InChI=1S/C18H14O/c1-3-7-14(8-4-1)17-13-16-11-12-18(17,19-16)15-9-5-2-6-10-15/h1-11,13H,12H2. The maximum atomic E-state index is 6.18. The quantitative estimate of drug-likeness (QED) is 0.768. The van der Waals surface area contributed by atoms with Crippen LogP contribution in [0.15, 0.2) is 78.6 Å². The van der Waals surface area contributed by atoms with Crippen LogP contribution in [0.5, 0.6) is 0 Å². The predicted octanol–water partition coefficient (Wildman–Crippen LogP) is 4.28. The van der Waals surface area contributed by atoms with E-state index < -0.39 is 0 Å². The van der Waals surface area contributed by atoms with E-state index in [1.807, 2.05) is 12.1 Å². The topological polar surface area (TPSA) is 9.23 Å². The molecule has 2 aliphatic heterocycles. The molecule has 0 saturated heterocycles. The highest BCUT2D eigenvalue weighted by Crippen LogP contribution is 2.53. The van der Waals surface area contributed by atoms with Gasteiger partial charge in [-0.1, -0.05) is 60.7 Å². The monoisotopic (exact) mass is 246 g/mol. The molecule has 2 aromatic carbocycles. The van der Waals surface area contributed by atoms with Crippen molar-refractivity contribution in [2.24, 2.45) is 0 Å². The molecule has 0 N–H and O–H groups in total. The molecule has 4 rings (SSSR count). The van der Waals surface area contributed by atoms with E-state index in [4.69, 9.17) is 4.74 Å². The van der Waals surface area contributed by atoms with Gasteiger partial charge in [0, 0.05) is 17.6 Å². The van der Waals surface area contributed by atoms with Gasteiger partial charge in [0.2, 0.25) is 0 Å². The Morgan fingerprint density at radius 1 is 0.842 bits per heavy atom. The van der Waals surface area contributed by atoms with E-state index in [0.717, 1.165) is 12.2 Å². The first-order valence-electron chi connectivity index (χ1n) is 6.61. The molecule has 1 nitrogen and oxygen atoms in total. The van der Waals surface area contributed by atoms with E-state index in [-0.39, 0.29) is 5.60 Å². The molecule has 0 spiro atoms. The zero-order valence-corrected chi connectivity index (χ0v) is 10.5. The molecule has 2 aliphatic rings. The summed E-state index contributed by atoms with van der Waals surface area (Å²) in [5, 5.41) is 0. The van der Waals surface area contributed by atoms with E-state index in [2.05, 4.69) is 60.7 Å². The summed E-state index contributed by atoms with van der Waals surface area (Å²) in [6.45, 7) is 0. The third kappa shape index (κ3) is 1.48. The molecule has 1 unspecified atom stereocenters. The highest BCUT2D eigenvalue weighted by molar-refractivity contribution is 5.80. The van der Waals surface area contributed by atoms with Crippen molar-refractivity contribution >= 4 is 5.57 Å². The summed E-state index contributed by atoms with van der Waals surface area (Å²) in [7, 11) is 0. The number of rotatable bonds is 2. The van der Waals surface area contributed by atoms with Crippen LogP contribution >= 0.6 is 0 Å². The van der Waals surface area contributed by atoms with Crippen molar-refractivity contribution in [3.8, 4) is 0 Å². The van der Waals surface area contributed by atoms with E-state index in [1.165, 1.54) is 16.7 Å². The minimum absolute atomic E-state index is 0.308. The predicted molar refractivity (Wildman–Crippen MR) is 76.3 cm³/mol. The third-order valence-electron chi connectivity index (χ3n) is 3.93. The van der Waals surface area contributed by atoms with Crippen molar-refractivity contribution in [3.63, 3.8) is 0 Å². The fraction of sp³-hybridized carbons (Fsp3) is 0.111. The average Bonchev–Trinajstić information content (AvgIpc) is 3.08. The Hall–Kier alpha value is -2.28. The molecule has 0 radical (unpaired) electrons. The van der Waals surface area contributed by atoms with Gasteiger partial charge in [0.05, 0.1) is 0 Å². The number of fused-ring (bicyclic) bond motifs is 2. The van der Waals surface area contributed by atoms with Crippen molar-refractivity contribution < 1.29 is 4.74 Å². The Labute approximate surface area is 112 Å². The molecule has 0 fully saturated rings. The number of allylic oxidation sites excluding steroid dienone is 1. The molecule has 2 bridgehead atoms. The molecule has 0 aliphatic carbocycles. The molecular formula is C18H14O. The molecule has 19 heavy (non-hydrogen) atoms. The van der Waals surface area contributed by atoms with Crippen LogP contribution in [0.1, 0.15) is 17.5 Å². The molecule has 0 amide bonds. The molecule has 2 aromatic rings. The molecule has 92 valence electrons. The van der Waals surface area contributed by atoms with Crippen LogP contribution in [0.4, 0.5) is 0 Å². The SMILES string of the molecule is C1=C2C=C(c3ccccc3)C(c3ccccc3)(C1)O2. The molecule has 0 saturated carbocycles. The van der Waals surface area contributed by atoms with Gasteiger partial charge in [0.1, 0.15) is 5.76 Å². The van der Waals surface area contributed by atoms with Crippen molar-refractivity contribution in [3.05, 3.63) is 89.7 Å². The summed E-state index contributed by atoms with van der Waals surface area (Å²) >= 11 is 0. The summed E-state index contributed by atoms with van der Waals surface area (Å²) in [4.78, 5) is 0. The lowest BCUT2D eigenvalue weighted by atomic mass is 9.79. The number of ether oxygens (including phenoxy) is 1. The largest absolute Gasteiger partial charge is 0.478 e. The van der Waals surface area contributed by atoms with Gasteiger partial charge < -0.3 is 4.74 Å². The van der Waals surface area contributed by atoms with E-state index in [0.29, 0.717) is 0 Å². The van der Waals surface area contributed by atoms with Crippen LogP contribution in [0.25, 0.3) is 5.57 Å². The van der Waals surface area contributed by atoms with Gasteiger partial charge in [0.15, 0.2) is 5.60 Å². The second-order valence-corrected chi connectivity index (χ2v) is 5.03. The van der Waals surface area contributed by atoms with Crippen LogP contribution in [0.3, 0.4) is 0 Å². The van der Waals surface area contributed by atoms with Crippen molar-refractivity contribution in [1.82, 2.24) is 0 Å². The van der Waals surface area contributed by atoms with Gasteiger partial charge in [-0.15, -0.1) is 0 Å². The maximum absolute atomic E-state index is 6.18. The van der Waals surface area contributed by atoms with Gasteiger partial charge in [0.25, 0.3) is 0 Å². The molecule has 0 aromatic heterocycles. The first kappa shape index (κ1) is 10.6.